The Labute approximate surface area is 184 Å². The zero-order valence-electron chi connectivity index (χ0n) is 19.0. The molecule has 9 heteroatoms. The predicted molar refractivity (Wildman–Crippen MR) is 122 cm³/mol. The first-order valence-electron chi connectivity index (χ1n) is 10.8. The lowest BCUT2D eigenvalue weighted by atomic mass is 10.1. The lowest BCUT2D eigenvalue weighted by Gasteiger charge is -2.36. The van der Waals surface area contributed by atoms with Gasteiger partial charge < -0.3 is 25.8 Å². The number of benzene rings is 1. The number of nitrogens with one attached hydrogen (secondary N) is 3. The Morgan fingerprint density at radius 3 is 2.29 bits per heavy atom. The molecule has 172 valence electrons. The van der Waals surface area contributed by atoms with Crippen LogP contribution < -0.4 is 20.9 Å². The van der Waals surface area contributed by atoms with Crippen LogP contribution in [0.25, 0.3) is 0 Å². The molecule has 0 bridgehead atoms. The summed E-state index contributed by atoms with van der Waals surface area (Å²) in [6.45, 7) is 11.5. The lowest BCUT2D eigenvalue weighted by Crippen LogP contribution is -2.49. The Balaban J connectivity index is 1.74. The van der Waals surface area contributed by atoms with Crippen LogP contribution in [0, 0.1) is 5.82 Å². The van der Waals surface area contributed by atoms with Gasteiger partial charge in [-0.1, -0.05) is 0 Å². The summed E-state index contributed by atoms with van der Waals surface area (Å²) in [5.74, 6) is 0.188. The van der Waals surface area contributed by atoms with Gasteiger partial charge in [-0.2, -0.15) is 0 Å². The van der Waals surface area contributed by atoms with Gasteiger partial charge in [0.2, 0.25) is 11.8 Å². The van der Waals surface area contributed by atoms with E-state index in [1.165, 1.54) is 12.1 Å². The van der Waals surface area contributed by atoms with Crippen molar-refractivity contribution in [1.82, 2.24) is 20.9 Å². The van der Waals surface area contributed by atoms with E-state index < -0.39 is 0 Å². The number of carbonyl (C=O) groups is 2. The van der Waals surface area contributed by atoms with Crippen molar-refractivity contribution in [1.29, 1.82) is 0 Å². The van der Waals surface area contributed by atoms with Crippen LogP contribution in [-0.2, 0) is 9.59 Å². The number of rotatable bonds is 7. The number of carbonyl (C=O) groups excluding carboxylic acids is 2. The van der Waals surface area contributed by atoms with E-state index in [9.17, 15) is 14.0 Å². The van der Waals surface area contributed by atoms with Gasteiger partial charge in [-0.3, -0.25) is 9.59 Å². The van der Waals surface area contributed by atoms with Gasteiger partial charge in [0.1, 0.15) is 12.4 Å². The van der Waals surface area contributed by atoms with Crippen molar-refractivity contribution in [2.24, 2.45) is 4.99 Å². The van der Waals surface area contributed by atoms with Crippen LogP contribution in [0.5, 0.6) is 0 Å². The van der Waals surface area contributed by atoms with Crippen LogP contribution in [0.4, 0.5) is 10.1 Å². The van der Waals surface area contributed by atoms with Crippen molar-refractivity contribution in [3.8, 4) is 0 Å². The second kappa shape index (κ2) is 11.5. The van der Waals surface area contributed by atoms with Crippen LogP contribution in [0.1, 0.15) is 34.1 Å². The molecule has 0 saturated carbocycles. The molecule has 31 heavy (non-hydrogen) atoms. The molecule has 0 atom stereocenters. The smallest absolute Gasteiger partial charge is 0.242 e. The third kappa shape index (κ3) is 8.82. The van der Waals surface area contributed by atoms with E-state index in [2.05, 4.69) is 25.8 Å². The standard InChI is InChI=1S/C22H35FN6O2/c1-5-24-21(26-16-19(30)27-22(2,3)4)25-11-10-20(31)29-14-12-28(13-15-29)18-8-6-17(23)7-9-18/h6-9H,5,10-16H2,1-4H3,(H,27,30)(H2,24,25,26). The Hall–Kier alpha value is -2.84. The van der Waals surface area contributed by atoms with Crippen LogP contribution in [0.2, 0.25) is 0 Å². The van der Waals surface area contributed by atoms with Crippen molar-refractivity contribution >= 4 is 23.5 Å². The van der Waals surface area contributed by atoms with Crippen molar-refractivity contribution in [2.45, 2.75) is 39.7 Å². The molecule has 1 aliphatic rings. The summed E-state index contributed by atoms with van der Waals surface area (Å²) in [6, 6.07) is 6.43. The van der Waals surface area contributed by atoms with Gasteiger partial charge >= 0.3 is 0 Å². The number of hydrogen-bond donors (Lipinski definition) is 3. The van der Waals surface area contributed by atoms with Crippen molar-refractivity contribution in [3.05, 3.63) is 30.1 Å². The monoisotopic (exact) mass is 434 g/mol. The Morgan fingerprint density at radius 1 is 1.06 bits per heavy atom. The topological polar surface area (TPSA) is 89.1 Å². The summed E-state index contributed by atoms with van der Waals surface area (Å²) in [5, 5.41) is 9.06. The van der Waals surface area contributed by atoms with E-state index in [0.717, 1.165) is 18.8 Å². The third-order valence-electron chi connectivity index (χ3n) is 4.69. The van der Waals surface area contributed by atoms with Crippen LogP contribution in [0.3, 0.4) is 0 Å². The third-order valence-corrected chi connectivity index (χ3v) is 4.69. The molecule has 1 fully saturated rings. The summed E-state index contributed by atoms with van der Waals surface area (Å²) in [6.07, 6.45) is 0.342. The molecule has 1 heterocycles. The highest BCUT2D eigenvalue weighted by molar-refractivity contribution is 5.85. The number of nitrogens with zero attached hydrogens (tertiary/aromatic N) is 3. The van der Waals surface area contributed by atoms with Gasteiger partial charge in [0.25, 0.3) is 0 Å². The van der Waals surface area contributed by atoms with E-state index in [4.69, 9.17) is 0 Å². The summed E-state index contributed by atoms with van der Waals surface area (Å²) >= 11 is 0. The normalized spacial score (nSPS) is 14.9. The number of amides is 2. The highest BCUT2D eigenvalue weighted by Gasteiger charge is 2.21. The molecule has 1 aromatic rings. The largest absolute Gasteiger partial charge is 0.368 e. The number of piperazine rings is 1. The summed E-state index contributed by atoms with van der Waals surface area (Å²) in [4.78, 5) is 32.8. The summed E-state index contributed by atoms with van der Waals surface area (Å²) < 4.78 is 13.1. The fourth-order valence-electron chi connectivity index (χ4n) is 3.26. The molecule has 1 aromatic carbocycles. The molecule has 0 radical (unpaired) electrons. The number of aliphatic imine (C=N–C) groups is 1. The van der Waals surface area contributed by atoms with Crippen LogP contribution >= 0.6 is 0 Å². The Morgan fingerprint density at radius 2 is 1.71 bits per heavy atom. The number of guanidine groups is 1. The number of halogens is 1. The second-order valence-electron chi connectivity index (χ2n) is 8.51. The first kappa shape index (κ1) is 24.4. The molecule has 0 aromatic heterocycles. The highest BCUT2D eigenvalue weighted by atomic mass is 19.1. The quantitative estimate of drug-likeness (QED) is 0.445. The molecular formula is C22H35FN6O2. The van der Waals surface area contributed by atoms with Gasteiger partial charge in [-0.25, -0.2) is 9.38 Å². The maximum atomic E-state index is 13.1. The van der Waals surface area contributed by atoms with Crippen molar-refractivity contribution in [3.63, 3.8) is 0 Å². The average Bonchev–Trinajstić information content (AvgIpc) is 2.71. The van der Waals surface area contributed by atoms with E-state index in [1.54, 1.807) is 12.1 Å². The summed E-state index contributed by atoms with van der Waals surface area (Å²) in [7, 11) is 0. The Kier molecular flexibility index (Phi) is 9.08. The van der Waals surface area contributed by atoms with Gasteiger partial charge in [0.05, 0.1) is 0 Å². The average molecular weight is 435 g/mol. The zero-order valence-corrected chi connectivity index (χ0v) is 19.0. The molecule has 8 nitrogen and oxygen atoms in total. The highest BCUT2D eigenvalue weighted by Crippen LogP contribution is 2.17. The number of anilines is 1. The van der Waals surface area contributed by atoms with E-state index in [0.29, 0.717) is 38.6 Å². The molecule has 0 unspecified atom stereocenters. The minimum atomic E-state index is -0.300. The fourth-order valence-corrected chi connectivity index (χ4v) is 3.26. The first-order chi connectivity index (χ1) is 14.7. The van der Waals surface area contributed by atoms with E-state index in [1.807, 2.05) is 32.6 Å². The van der Waals surface area contributed by atoms with Crippen LogP contribution in [-0.4, -0.2) is 74.0 Å². The molecule has 1 aliphatic heterocycles. The molecule has 1 saturated heterocycles. The maximum absolute atomic E-state index is 13.1. The van der Waals surface area contributed by atoms with Gasteiger partial charge in [0.15, 0.2) is 5.96 Å². The Bertz CT molecular complexity index is 752. The molecular weight excluding hydrogens is 399 g/mol. The summed E-state index contributed by atoms with van der Waals surface area (Å²) in [5.41, 5.74) is 0.670. The lowest BCUT2D eigenvalue weighted by molar-refractivity contribution is -0.131. The molecule has 0 spiro atoms. The van der Waals surface area contributed by atoms with Crippen molar-refractivity contribution in [2.75, 3.05) is 50.7 Å². The van der Waals surface area contributed by atoms with E-state index >= 15 is 0 Å². The molecule has 0 aliphatic carbocycles. The molecule has 2 rings (SSSR count). The number of hydrogen-bond acceptors (Lipinski definition) is 4. The van der Waals surface area contributed by atoms with Crippen molar-refractivity contribution < 1.29 is 14.0 Å². The predicted octanol–water partition coefficient (Wildman–Crippen LogP) is 1.33. The van der Waals surface area contributed by atoms with E-state index in [-0.39, 0.29) is 29.7 Å². The van der Waals surface area contributed by atoms with Crippen LogP contribution in [0.15, 0.2) is 29.3 Å². The zero-order chi connectivity index (χ0) is 22.9. The maximum Gasteiger partial charge on any atom is 0.242 e. The second-order valence-corrected chi connectivity index (χ2v) is 8.51. The first-order valence-corrected chi connectivity index (χ1v) is 10.8. The molecule has 2 amide bonds. The SMILES string of the molecule is CCNC(=NCC(=O)NC(C)(C)C)NCCC(=O)N1CCN(c2ccc(F)cc2)CC1. The van der Waals surface area contributed by atoms with Gasteiger partial charge in [-0.05, 0) is 52.0 Å². The molecule has 3 N–H and O–H groups in total. The van der Waals surface area contributed by atoms with Gasteiger partial charge in [0, 0.05) is 56.9 Å². The van der Waals surface area contributed by atoms with Gasteiger partial charge in [-0.15, -0.1) is 0 Å². The minimum absolute atomic E-state index is 0.0197. The fraction of sp³-hybridized carbons (Fsp3) is 0.591. The minimum Gasteiger partial charge on any atom is -0.368 e.